The molecule has 0 saturated carbocycles. The van der Waals surface area contributed by atoms with Gasteiger partial charge in [-0.1, -0.05) is 17.3 Å². The van der Waals surface area contributed by atoms with Crippen molar-refractivity contribution in [1.82, 2.24) is 15.0 Å². The number of carbonyl (C=O) groups excluding carboxylic acids is 2. The molecule has 1 aliphatic rings. The summed E-state index contributed by atoms with van der Waals surface area (Å²) in [7, 11) is 0. The second-order valence-electron chi connectivity index (χ2n) is 6.74. The second-order valence-corrected chi connectivity index (χ2v) is 7.08. The Labute approximate surface area is 170 Å². The van der Waals surface area contributed by atoms with E-state index in [9.17, 15) is 22.8 Å². The van der Waals surface area contributed by atoms with Crippen LogP contribution in [0.15, 0.2) is 28.8 Å². The maximum absolute atomic E-state index is 13.2. The Morgan fingerprint density at radius 1 is 1.14 bits per heavy atom. The first kappa shape index (κ1) is 21.2. The van der Waals surface area contributed by atoms with E-state index in [2.05, 4.69) is 5.16 Å². The number of aromatic nitrogens is 1. The number of piperazine rings is 1. The third-order valence-electron chi connectivity index (χ3n) is 4.91. The lowest BCUT2D eigenvalue weighted by Gasteiger charge is -2.35. The van der Waals surface area contributed by atoms with Crippen molar-refractivity contribution in [2.24, 2.45) is 0 Å². The molecule has 0 bridgehead atoms. The molecule has 1 aromatic heterocycles. The molecule has 0 N–H and O–H groups in total. The SMILES string of the molecule is Cc1noc(Cl)c1CCC(=O)N1CCN(C(=O)c2ccccc2C(F)(F)F)CC1. The summed E-state index contributed by atoms with van der Waals surface area (Å²) in [5.74, 6) is -0.804. The van der Waals surface area contributed by atoms with Gasteiger partial charge in [0, 0.05) is 38.2 Å². The van der Waals surface area contributed by atoms with Crippen molar-refractivity contribution in [2.45, 2.75) is 25.9 Å². The molecule has 6 nitrogen and oxygen atoms in total. The summed E-state index contributed by atoms with van der Waals surface area (Å²) in [5, 5.41) is 3.89. The van der Waals surface area contributed by atoms with Crippen LogP contribution in [0.25, 0.3) is 0 Å². The van der Waals surface area contributed by atoms with Gasteiger partial charge in [-0.05, 0) is 37.1 Å². The third kappa shape index (κ3) is 4.72. The number of alkyl halides is 3. The van der Waals surface area contributed by atoms with Crippen LogP contribution < -0.4 is 0 Å². The van der Waals surface area contributed by atoms with Crippen LogP contribution >= 0.6 is 11.6 Å². The third-order valence-corrected chi connectivity index (χ3v) is 5.21. The highest BCUT2D eigenvalue weighted by Crippen LogP contribution is 2.32. The van der Waals surface area contributed by atoms with Gasteiger partial charge >= 0.3 is 6.18 Å². The van der Waals surface area contributed by atoms with Gasteiger partial charge < -0.3 is 14.3 Å². The van der Waals surface area contributed by atoms with Crippen LogP contribution in [0.2, 0.25) is 5.22 Å². The van der Waals surface area contributed by atoms with Gasteiger partial charge in [0.1, 0.15) is 0 Å². The zero-order valence-electron chi connectivity index (χ0n) is 15.6. The van der Waals surface area contributed by atoms with Gasteiger partial charge in [0.2, 0.25) is 11.1 Å². The monoisotopic (exact) mass is 429 g/mol. The van der Waals surface area contributed by atoms with Crippen molar-refractivity contribution in [2.75, 3.05) is 26.2 Å². The molecule has 0 spiro atoms. The molecular formula is C19H19ClF3N3O3. The highest BCUT2D eigenvalue weighted by molar-refractivity contribution is 6.29. The summed E-state index contributed by atoms with van der Waals surface area (Å²) in [6.07, 6.45) is -4.02. The Balaban J connectivity index is 1.58. The quantitative estimate of drug-likeness (QED) is 0.745. The molecule has 1 saturated heterocycles. The number of carbonyl (C=O) groups is 2. The van der Waals surface area contributed by atoms with Crippen LogP contribution in [0.5, 0.6) is 0 Å². The van der Waals surface area contributed by atoms with Crippen LogP contribution in [0, 0.1) is 6.92 Å². The minimum Gasteiger partial charge on any atom is -0.344 e. The van der Waals surface area contributed by atoms with Crippen molar-refractivity contribution in [3.63, 3.8) is 0 Å². The van der Waals surface area contributed by atoms with E-state index >= 15 is 0 Å². The number of benzene rings is 1. The molecule has 0 radical (unpaired) electrons. The zero-order valence-corrected chi connectivity index (χ0v) is 16.4. The molecule has 29 heavy (non-hydrogen) atoms. The number of aryl methyl sites for hydroxylation is 1. The first-order valence-electron chi connectivity index (χ1n) is 9.02. The summed E-state index contributed by atoms with van der Waals surface area (Å²) in [4.78, 5) is 28.0. The summed E-state index contributed by atoms with van der Waals surface area (Å²) in [6, 6.07) is 4.72. The van der Waals surface area contributed by atoms with E-state index in [1.54, 1.807) is 11.8 Å². The average molecular weight is 430 g/mol. The number of hydrogen-bond donors (Lipinski definition) is 0. The lowest BCUT2D eigenvalue weighted by atomic mass is 10.1. The molecule has 2 amide bonds. The summed E-state index contributed by atoms with van der Waals surface area (Å²) < 4.78 is 44.3. The van der Waals surface area contributed by atoms with Crippen LogP contribution in [-0.2, 0) is 17.4 Å². The number of rotatable bonds is 4. The smallest absolute Gasteiger partial charge is 0.344 e. The van der Waals surface area contributed by atoms with E-state index in [0.717, 1.165) is 6.07 Å². The second kappa shape index (κ2) is 8.44. The normalized spacial score (nSPS) is 14.9. The molecule has 10 heteroatoms. The summed E-state index contributed by atoms with van der Waals surface area (Å²) in [6.45, 7) is 2.59. The predicted molar refractivity (Wildman–Crippen MR) is 98.5 cm³/mol. The largest absolute Gasteiger partial charge is 0.417 e. The molecule has 1 fully saturated rings. The molecule has 1 aliphatic heterocycles. The van der Waals surface area contributed by atoms with Crippen molar-refractivity contribution in [3.05, 3.63) is 51.9 Å². The Morgan fingerprint density at radius 2 is 1.76 bits per heavy atom. The highest BCUT2D eigenvalue weighted by Gasteiger charge is 2.36. The van der Waals surface area contributed by atoms with Gasteiger partial charge in [0.15, 0.2) is 0 Å². The van der Waals surface area contributed by atoms with E-state index in [1.807, 2.05) is 0 Å². The van der Waals surface area contributed by atoms with Crippen molar-refractivity contribution in [1.29, 1.82) is 0 Å². The fraction of sp³-hybridized carbons (Fsp3) is 0.421. The van der Waals surface area contributed by atoms with Gasteiger partial charge in [0.05, 0.1) is 16.8 Å². The fourth-order valence-corrected chi connectivity index (χ4v) is 3.54. The summed E-state index contributed by atoms with van der Waals surface area (Å²) >= 11 is 5.89. The van der Waals surface area contributed by atoms with Gasteiger partial charge in [-0.25, -0.2) is 0 Å². The number of amides is 2. The molecule has 2 aromatic rings. The van der Waals surface area contributed by atoms with Gasteiger partial charge in [-0.15, -0.1) is 0 Å². The molecule has 0 aliphatic carbocycles. The maximum Gasteiger partial charge on any atom is 0.417 e. The van der Waals surface area contributed by atoms with Crippen molar-refractivity contribution < 1.29 is 27.3 Å². The van der Waals surface area contributed by atoms with E-state index in [1.165, 1.54) is 23.1 Å². The Kier molecular flexibility index (Phi) is 6.16. The number of halogens is 4. The van der Waals surface area contributed by atoms with Crippen molar-refractivity contribution in [3.8, 4) is 0 Å². The van der Waals surface area contributed by atoms with Crippen LogP contribution in [0.4, 0.5) is 13.2 Å². The molecule has 3 rings (SSSR count). The standard InChI is InChI=1S/C19H19ClF3N3O3/c1-12-13(17(20)29-24-12)6-7-16(27)25-8-10-26(11-9-25)18(28)14-4-2-3-5-15(14)19(21,22)23/h2-5H,6-11H2,1H3. The maximum atomic E-state index is 13.2. The average Bonchev–Trinajstić information content (AvgIpc) is 3.02. The molecule has 0 atom stereocenters. The van der Waals surface area contributed by atoms with Crippen LogP contribution in [0.1, 0.15) is 33.6 Å². The summed E-state index contributed by atoms with van der Waals surface area (Å²) in [5.41, 5.74) is -0.0269. The van der Waals surface area contributed by atoms with Crippen LogP contribution in [-0.4, -0.2) is 52.9 Å². The Bertz CT molecular complexity index is 886. The minimum absolute atomic E-state index is 0.121. The molecular weight excluding hydrogens is 411 g/mol. The molecule has 2 heterocycles. The van der Waals surface area contributed by atoms with Crippen molar-refractivity contribution >= 4 is 23.4 Å². The van der Waals surface area contributed by atoms with E-state index in [-0.39, 0.29) is 49.3 Å². The Morgan fingerprint density at radius 3 is 2.34 bits per heavy atom. The lowest BCUT2D eigenvalue weighted by molar-refractivity contribution is -0.138. The molecule has 0 unspecified atom stereocenters. The molecule has 156 valence electrons. The van der Waals surface area contributed by atoms with E-state index in [4.69, 9.17) is 16.1 Å². The zero-order chi connectivity index (χ0) is 21.2. The topological polar surface area (TPSA) is 66.7 Å². The predicted octanol–water partition coefficient (Wildman–Crippen LogP) is 3.57. The van der Waals surface area contributed by atoms with Gasteiger partial charge in [0.25, 0.3) is 5.91 Å². The molecule has 1 aromatic carbocycles. The first-order chi connectivity index (χ1) is 13.7. The highest BCUT2D eigenvalue weighted by atomic mass is 35.5. The fourth-order valence-electron chi connectivity index (χ4n) is 3.28. The van der Waals surface area contributed by atoms with Gasteiger partial charge in [-0.2, -0.15) is 13.2 Å². The Hall–Kier alpha value is -2.55. The van der Waals surface area contributed by atoms with Gasteiger partial charge in [-0.3, -0.25) is 9.59 Å². The first-order valence-corrected chi connectivity index (χ1v) is 9.40. The lowest BCUT2D eigenvalue weighted by Crippen LogP contribution is -2.50. The minimum atomic E-state index is -4.61. The van der Waals surface area contributed by atoms with E-state index in [0.29, 0.717) is 17.7 Å². The van der Waals surface area contributed by atoms with E-state index < -0.39 is 17.6 Å². The number of hydrogen-bond acceptors (Lipinski definition) is 4. The van der Waals surface area contributed by atoms with Crippen LogP contribution in [0.3, 0.4) is 0 Å². The number of nitrogens with zero attached hydrogens (tertiary/aromatic N) is 3.